The maximum atomic E-state index is 12.3. The van der Waals surface area contributed by atoms with Gasteiger partial charge < -0.3 is 9.30 Å². The molecule has 3 heteroatoms. The Morgan fingerprint density at radius 3 is 2.52 bits per heavy atom. The highest BCUT2D eigenvalue weighted by Crippen LogP contribution is 2.17. The van der Waals surface area contributed by atoms with Crippen molar-refractivity contribution in [3.05, 3.63) is 23.0 Å². The van der Waals surface area contributed by atoms with Gasteiger partial charge in [-0.3, -0.25) is 4.79 Å². The van der Waals surface area contributed by atoms with Crippen LogP contribution in [0.2, 0.25) is 0 Å². The standard InChI is InChI=1S/C18H31NO2/c1-6-9-10-16(7-2)12-21-13-18(20)17-11-14(4)19(8-3)15(17)5/h11,16H,6-10,12-13H2,1-5H3. The number of carbonyl (C=O) groups excluding carboxylic acids is 1. The predicted molar refractivity (Wildman–Crippen MR) is 88.0 cm³/mol. The van der Waals surface area contributed by atoms with Crippen molar-refractivity contribution < 1.29 is 9.53 Å². The van der Waals surface area contributed by atoms with Crippen LogP contribution < -0.4 is 0 Å². The molecule has 0 radical (unpaired) electrons. The molecule has 21 heavy (non-hydrogen) atoms. The van der Waals surface area contributed by atoms with Crippen molar-refractivity contribution in [1.82, 2.24) is 4.57 Å². The zero-order valence-electron chi connectivity index (χ0n) is 14.4. The van der Waals surface area contributed by atoms with Gasteiger partial charge in [-0.05, 0) is 39.2 Å². The Morgan fingerprint density at radius 2 is 2.00 bits per heavy atom. The molecule has 1 rings (SSSR count). The van der Waals surface area contributed by atoms with Gasteiger partial charge in [-0.25, -0.2) is 0 Å². The Kier molecular flexibility index (Phi) is 7.73. The summed E-state index contributed by atoms with van der Waals surface area (Å²) in [6.07, 6.45) is 4.79. The third-order valence-corrected chi connectivity index (χ3v) is 4.32. The molecule has 0 amide bonds. The van der Waals surface area contributed by atoms with Crippen LogP contribution in [0.4, 0.5) is 0 Å². The predicted octanol–water partition coefficient (Wildman–Crippen LogP) is 4.54. The molecule has 0 fully saturated rings. The van der Waals surface area contributed by atoms with E-state index in [-0.39, 0.29) is 12.4 Å². The molecule has 1 heterocycles. The molecule has 0 saturated heterocycles. The minimum Gasteiger partial charge on any atom is -0.373 e. The van der Waals surface area contributed by atoms with Crippen LogP contribution in [0.15, 0.2) is 6.07 Å². The van der Waals surface area contributed by atoms with E-state index in [0.717, 1.165) is 29.9 Å². The molecule has 0 aliphatic rings. The van der Waals surface area contributed by atoms with E-state index in [2.05, 4.69) is 25.3 Å². The molecule has 1 unspecified atom stereocenters. The summed E-state index contributed by atoms with van der Waals surface area (Å²) in [6, 6.07) is 1.99. The van der Waals surface area contributed by atoms with Crippen molar-refractivity contribution in [2.45, 2.75) is 66.8 Å². The normalized spacial score (nSPS) is 12.6. The number of carbonyl (C=O) groups is 1. The minimum atomic E-state index is 0.105. The highest BCUT2D eigenvalue weighted by Gasteiger charge is 2.15. The van der Waals surface area contributed by atoms with Crippen molar-refractivity contribution in [1.29, 1.82) is 0 Å². The number of hydrogen-bond acceptors (Lipinski definition) is 2. The first-order valence-corrected chi connectivity index (χ1v) is 8.32. The highest BCUT2D eigenvalue weighted by atomic mass is 16.5. The number of unbranched alkanes of at least 4 members (excludes halogenated alkanes) is 1. The monoisotopic (exact) mass is 293 g/mol. The van der Waals surface area contributed by atoms with E-state index in [1.165, 1.54) is 19.3 Å². The number of Topliss-reactive ketones (excluding diaryl/α,β-unsaturated/α-hetero) is 1. The van der Waals surface area contributed by atoms with Gasteiger partial charge in [0.15, 0.2) is 5.78 Å². The second kappa shape index (κ2) is 9.04. The van der Waals surface area contributed by atoms with Crippen LogP contribution in [-0.4, -0.2) is 23.6 Å². The second-order valence-electron chi connectivity index (χ2n) is 5.88. The Bertz CT molecular complexity index is 448. The van der Waals surface area contributed by atoms with Crippen LogP contribution in [0.25, 0.3) is 0 Å². The van der Waals surface area contributed by atoms with Gasteiger partial charge in [-0.2, -0.15) is 0 Å². The molecule has 1 aromatic heterocycles. The van der Waals surface area contributed by atoms with Crippen LogP contribution in [0.1, 0.15) is 68.2 Å². The summed E-state index contributed by atoms with van der Waals surface area (Å²) in [5.74, 6) is 0.689. The Labute approximate surface area is 129 Å². The van der Waals surface area contributed by atoms with Crippen LogP contribution in [-0.2, 0) is 11.3 Å². The van der Waals surface area contributed by atoms with Gasteiger partial charge in [-0.1, -0.05) is 33.1 Å². The molecule has 0 aliphatic heterocycles. The molecule has 120 valence electrons. The number of hydrogen-bond donors (Lipinski definition) is 0. The average Bonchev–Trinajstić information content (AvgIpc) is 2.76. The lowest BCUT2D eigenvalue weighted by molar-refractivity contribution is 0.0658. The average molecular weight is 293 g/mol. The molecule has 0 N–H and O–H groups in total. The lowest BCUT2D eigenvalue weighted by atomic mass is 10.0. The van der Waals surface area contributed by atoms with E-state index in [0.29, 0.717) is 12.5 Å². The zero-order chi connectivity index (χ0) is 15.8. The summed E-state index contributed by atoms with van der Waals surface area (Å²) in [6.45, 7) is 12.4. The maximum Gasteiger partial charge on any atom is 0.190 e. The van der Waals surface area contributed by atoms with Crippen LogP contribution in [0, 0.1) is 19.8 Å². The number of aryl methyl sites for hydroxylation is 1. The number of nitrogens with zero attached hydrogens (tertiary/aromatic N) is 1. The smallest absolute Gasteiger partial charge is 0.190 e. The largest absolute Gasteiger partial charge is 0.373 e. The van der Waals surface area contributed by atoms with Crippen LogP contribution >= 0.6 is 0 Å². The van der Waals surface area contributed by atoms with Crippen molar-refractivity contribution in [3.8, 4) is 0 Å². The number of ketones is 1. The Balaban J connectivity index is 2.50. The van der Waals surface area contributed by atoms with E-state index in [4.69, 9.17) is 4.74 Å². The first-order valence-electron chi connectivity index (χ1n) is 8.32. The highest BCUT2D eigenvalue weighted by molar-refractivity contribution is 5.98. The van der Waals surface area contributed by atoms with E-state index in [1.54, 1.807) is 0 Å². The summed E-state index contributed by atoms with van der Waals surface area (Å²) in [5.41, 5.74) is 3.02. The maximum absolute atomic E-state index is 12.3. The van der Waals surface area contributed by atoms with Crippen molar-refractivity contribution >= 4 is 5.78 Å². The Morgan fingerprint density at radius 1 is 1.29 bits per heavy atom. The van der Waals surface area contributed by atoms with Gasteiger partial charge in [0.25, 0.3) is 0 Å². The molecule has 0 bridgehead atoms. The van der Waals surface area contributed by atoms with E-state index in [9.17, 15) is 4.79 Å². The fourth-order valence-corrected chi connectivity index (χ4v) is 2.86. The van der Waals surface area contributed by atoms with Gasteiger partial charge >= 0.3 is 0 Å². The summed E-state index contributed by atoms with van der Waals surface area (Å²) < 4.78 is 7.85. The van der Waals surface area contributed by atoms with Gasteiger partial charge in [0.05, 0.1) is 0 Å². The lowest BCUT2D eigenvalue weighted by Crippen LogP contribution is -2.15. The molecule has 1 atom stereocenters. The first-order chi connectivity index (χ1) is 10.0. The summed E-state index contributed by atoms with van der Waals surface area (Å²) in [7, 11) is 0. The molecule has 0 aromatic carbocycles. The quantitative estimate of drug-likeness (QED) is 0.593. The van der Waals surface area contributed by atoms with Gasteiger partial charge in [0, 0.05) is 30.1 Å². The Hall–Kier alpha value is -1.09. The third kappa shape index (κ3) is 4.99. The van der Waals surface area contributed by atoms with Crippen LogP contribution in [0.3, 0.4) is 0 Å². The zero-order valence-corrected chi connectivity index (χ0v) is 14.4. The molecule has 0 saturated carbocycles. The number of rotatable bonds is 10. The van der Waals surface area contributed by atoms with Crippen molar-refractivity contribution in [2.24, 2.45) is 5.92 Å². The number of ether oxygens (including phenoxy) is 1. The first kappa shape index (κ1) is 18.0. The summed E-state index contributed by atoms with van der Waals surface area (Å²) in [4.78, 5) is 12.3. The van der Waals surface area contributed by atoms with E-state index < -0.39 is 0 Å². The minimum absolute atomic E-state index is 0.105. The van der Waals surface area contributed by atoms with E-state index in [1.807, 2.05) is 19.9 Å². The van der Waals surface area contributed by atoms with Gasteiger partial charge in [-0.15, -0.1) is 0 Å². The topological polar surface area (TPSA) is 31.2 Å². The van der Waals surface area contributed by atoms with Gasteiger partial charge in [0.1, 0.15) is 6.61 Å². The summed E-state index contributed by atoms with van der Waals surface area (Å²) >= 11 is 0. The van der Waals surface area contributed by atoms with Crippen molar-refractivity contribution in [3.63, 3.8) is 0 Å². The van der Waals surface area contributed by atoms with Gasteiger partial charge in [0.2, 0.25) is 0 Å². The molecule has 1 aromatic rings. The molecule has 0 spiro atoms. The molecular weight excluding hydrogens is 262 g/mol. The molecule has 3 nitrogen and oxygen atoms in total. The fraction of sp³-hybridized carbons (Fsp3) is 0.722. The second-order valence-corrected chi connectivity index (χ2v) is 5.88. The lowest BCUT2D eigenvalue weighted by Gasteiger charge is -2.14. The number of aromatic nitrogens is 1. The summed E-state index contributed by atoms with van der Waals surface area (Å²) in [5, 5.41) is 0. The molecule has 0 aliphatic carbocycles. The SMILES string of the molecule is CCCCC(CC)COCC(=O)c1cc(C)n(CC)c1C. The third-order valence-electron chi connectivity index (χ3n) is 4.32. The van der Waals surface area contributed by atoms with E-state index >= 15 is 0 Å². The molecular formula is C18H31NO2. The van der Waals surface area contributed by atoms with Crippen LogP contribution in [0.5, 0.6) is 0 Å². The fourth-order valence-electron chi connectivity index (χ4n) is 2.86. The van der Waals surface area contributed by atoms with Crippen molar-refractivity contribution in [2.75, 3.05) is 13.2 Å².